The van der Waals surface area contributed by atoms with Crippen LogP contribution in [0.15, 0.2) is 54.6 Å². The van der Waals surface area contributed by atoms with Crippen molar-refractivity contribution in [2.45, 2.75) is 13.8 Å². The van der Waals surface area contributed by atoms with Gasteiger partial charge >= 0.3 is 0 Å². The Kier molecular flexibility index (Phi) is 5.57. The molecule has 0 spiro atoms. The number of fused-ring (bicyclic) bond motifs is 1. The van der Waals surface area contributed by atoms with E-state index in [1.165, 1.54) is 0 Å². The van der Waals surface area contributed by atoms with E-state index in [1.54, 1.807) is 12.1 Å². The van der Waals surface area contributed by atoms with Crippen LogP contribution in [-0.2, 0) is 4.79 Å². The number of amides is 1. The standard InChI is InChI=1S/C21H20N2O3S/c1-13-9-18(19(24)10-14(13)2)22-21(27)23-20(25)12-26-17-8-7-15-5-3-4-6-16(15)11-17/h3-11,24H,12H2,1-2H3,(H2,22,23,25,27). The topological polar surface area (TPSA) is 70.6 Å². The van der Waals surface area contributed by atoms with Gasteiger partial charge < -0.3 is 15.2 Å². The number of carbonyl (C=O) groups excluding carboxylic acids is 1. The lowest BCUT2D eigenvalue weighted by atomic mass is 10.1. The fourth-order valence-electron chi connectivity index (χ4n) is 2.62. The van der Waals surface area contributed by atoms with E-state index in [4.69, 9.17) is 17.0 Å². The van der Waals surface area contributed by atoms with Gasteiger partial charge in [-0.05, 0) is 72.2 Å². The Morgan fingerprint density at radius 2 is 1.74 bits per heavy atom. The van der Waals surface area contributed by atoms with Gasteiger partial charge in [0.05, 0.1) is 5.69 Å². The molecule has 3 rings (SSSR count). The van der Waals surface area contributed by atoms with Crippen molar-refractivity contribution in [3.8, 4) is 11.5 Å². The van der Waals surface area contributed by atoms with E-state index in [0.717, 1.165) is 21.9 Å². The number of rotatable bonds is 4. The molecule has 0 saturated heterocycles. The minimum Gasteiger partial charge on any atom is -0.506 e. The van der Waals surface area contributed by atoms with Gasteiger partial charge in [0.25, 0.3) is 5.91 Å². The second-order valence-corrected chi connectivity index (χ2v) is 6.66. The number of hydrogen-bond acceptors (Lipinski definition) is 4. The van der Waals surface area contributed by atoms with Crippen molar-refractivity contribution in [2.75, 3.05) is 11.9 Å². The summed E-state index contributed by atoms with van der Waals surface area (Å²) in [6.45, 7) is 3.67. The molecule has 5 nitrogen and oxygen atoms in total. The highest BCUT2D eigenvalue weighted by Crippen LogP contribution is 2.26. The maximum absolute atomic E-state index is 12.1. The molecule has 0 aliphatic rings. The van der Waals surface area contributed by atoms with E-state index in [1.807, 2.05) is 56.3 Å². The monoisotopic (exact) mass is 380 g/mol. The number of thiocarbonyl (C=S) groups is 1. The number of phenols is 1. The predicted molar refractivity (Wildman–Crippen MR) is 111 cm³/mol. The Labute approximate surface area is 163 Å². The third kappa shape index (κ3) is 4.74. The first kappa shape index (κ1) is 18.7. The van der Waals surface area contributed by atoms with Crippen LogP contribution in [0.5, 0.6) is 11.5 Å². The summed E-state index contributed by atoms with van der Waals surface area (Å²) in [5, 5.41) is 17.6. The molecule has 0 aromatic heterocycles. The summed E-state index contributed by atoms with van der Waals surface area (Å²) in [6.07, 6.45) is 0. The number of aryl methyl sites for hydroxylation is 2. The summed E-state index contributed by atoms with van der Waals surface area (Å²) >= 11 is 5.13. The van der Waals surface area contributed by atoms with Gasteiger partial charge in [-0.3, -0.25) is 10.1 Å². The highest BCUT2D eigenvalue weighted by Gasteiger charge is 2.09. The molecule has 3 aromatic carbocycles. The number of aromatic hydroxyl groups is 1. The van der Waals surface area contributed by atoms with Crippen LogP contribution in [0.25, 0.3) is 10.8 Å². The highest BCUT2D eigenvalue weighted by molar-refractivity contribution is 7.80. The first-order valence-corrected chi connectivity index (χ1v) is 8.86. The molecule has 3 N–H and O–H groups in total. The molecule has 6 heteroatoms. The van der Waals surface area contributed by atoms with E-state index >= 15 is 0 Å². The second-order valence-electron chi connectivity index (χ2n) is 6.25. The molecule has 27 heavy (non-hydrogen) atoms. The molecule has 0 radical (unpaired) electrons. The summed E-state index contributed by atoms with van der Waals surface area (Å²) in [4.78, 5) is 12.1. The number of phenolic OH excluding ortho intramolecular Hbond substituents is 1. The molecule has 0 unspecified atom stereocenters. The fraction of sp³-hybridized carbons (Fsp3) is 0.143. The molecule has 3 aromatic rings. The number of carbonyl (C=O) groups is 1. The van der Waals surface area contributed by atoms with Crippen LogP contribution in [0.2, 0.25) is 0 Å². The van der Waals surface area contributed by atoms with Crippen molar-refractivity contribution in [1.29, 1.82) is 0 Å². The van der Waals surface area contributed by atoms with Crippen LogP contribution in [0.3, 0.4) is 0 Å². The number of anilines is 1. The van der Waals surface area contributed by atoms with Gasteiger partial charge in [-0.15, -0.1) is 0 Å². The Morgan fingerprint density at radius 1 is 1.04 bits per heavy atom. The molecular formula is C21H20N2O3S. The summed E-state index contributed by atoms with van der Waals surface area (Å²) < 4.78 is 5.54. The molecule has 0 atom stereocenters. The number of benzene rings is 3. The zero-order valence-corrected chi connectivity index (χ0v) is 15.9. The summed E-state index contributed by atoms with van der Waals surface area (Å²) in [5.74, 6) is 0.292. The minimum absolute atomic E-state index is 0.0714. The van der Waals surface area contributed by atoms with Crippen molar-refractivity contribution < 1.29 is 14.6 Å². The molecule has 0 heterocycles. The van der Waals surface area contributed by atoms with Gasteiger partial charge in [0.15, 0.2) is 11.7 Å². The van der Waals surface area contributed by atoms with E-state index < -0.39 is 0 Å². The molecule has 138 valence electrons. The fourth-order valence-corrected chi connectivity index (χ4v) is 2.85. The Morgan fingerprint density at radius 3 is 2.52 bits per heavy atom. The van der Waals surface area contributed by atoms with Gasteiger partial charge in [0.1, 0.15) is 11.5 Å². The van der Waals surface area contributed by atoms with Gasteiger partial charge in [-0.1, -0.05) is 30.3 Å². The quantitative estimate of drug-likeness (QED) is 0.470. The largest absolute Gasteiger partial charge is 0.506 e. The van der Waals surface area contributed by atoms with Crippen molar-refractivity contribution in [2.24, 2.45) is 0 Å². The summed E-state index contributed by atoms with van der Waals surface area (Å²) in [7, 11) is 0. The van der Waals surface area contributed by atoms with Crippen molar-refractivity contribution in [1.82, 2.24) is 5.32 Å². The van der Waals surface area contributed by atoms with Gasteiger partial charge in [-0.25, -0.2) is 0 Å². The van der Waals surface area contributed by atoms with Crippen LogP contribution >= 0.6 is 12.2 Å². The maximum atomic E-state index is 12.1. The van der Waals surface area contributed by atoms with Gasteiger partial charge in [-0.2, -0.15) is 0 Å². The Hall–Kier alpha value is -3.12. The molecular weight excluding hydrogens is 360 g/mol. The maximum Gasteiger partial charge on any atom is 0.264 e. The molecule has 0 bridgehead atoms. The smallest absolute Gasteiger partial charge is 0.264 e. The van der Waals surface area contributed by atoms with E-state index in [2.05, 4.69) is 10.6 Å². The molecule has 0 fully saturated rings. The van der Waals surface area contributed by atoms with E-state index in [-0.39, 0.29) is 23.4 Å². The zero-order chi connectivity index (χ0) is 19.4. The molecule has 1 amide bonds. The Balaban J connectivity index is 1.55. The Bertz CT molecular complexity index is 1020. The minimum atomic E-state index is -0.385. The predicted octanol–water partition coefficient (Wildman–Crippen LogP) is 4.05. The molecule has 0 aliphatic carbocycles. The van der Waals surface area contributed by atoms with Gasteiger partial charge in [0, 0.05) is 0 Å². The van der Waals surface area contributed by atoms with Crippen LogP contribution < -0.4 is 15.4 Å². The van der Waals surface area contributed by atoms with Crippen LogP contribution in [0.1, 0.15) is 11.1 Å². The lowest BCUT2D eigenvalue weighted by Crippen LogP contribution is -2.37. The SMILES string of the molecule is Cc1cc(O)c(NC(=S)NC(=O)COc2ccc3ccccc3c2)cc1C. The zero-order valence-electron chi connectivity index (χ0n) is 15.1. The number of hydrogen-bond donors (Lipinski definition) is 3. The van der Waals surface area contributed by atoms with Crippen molar-refractivity contribution in [3.63, 3.8) is 0 Å². The third-order valence-corrected chi connectivity index (χ3v) is 4.41. The van der Waals surface area contributed by atoms with Crippen LogP contribution in [-0.4, -0.2) is 22.7 Å². The second kappa shape index (κ2) is 8.05. The average molecular weight is 380 g/mol. The molecule has 0 aliphatic heterocycles. The number of ether oxygens (including phenoxy) is 1. The van der Waals surface area contributed by atoms with E-state index in [9.17, 15) is 9.90 Å². The first-order valence-electron chi connectivity index (χ1n) is 8.45. The lowest BCUT2D eigenvalue weighted by Gasteiger charge is -2.13. The first-order chi connectivity index (χ1) is 12.9. The average Bonchev–Trinajstić information content (AvgIpc) is 2.64. The van der Waals surface area contributed by atoms with Crippen LogP contribution in [0, 0.1) is 13.8 Å². The van der Waals surface area contributed by atoms with Gasteiger partial charge in [0.2, 0.25) is 0 Å². The molecule has 0 saturated carbocycles. The van der Waals surface area contributed by atoms with Crippen molar-refractivity contribution >= 4 is 39.7 Å². The summed E-state index contributed by atoms with van der Waals surface area (Å²) in [6, 6.07) is 17.0. The highest BCUT2D eigenvalue weighted by atomic mass is 32.1. The van der Waals surface area contributed by atoms with E-state index in [0.29, 0.717) is 11.4 Å². The summed E-state index contributed by atoms with van der Waals surface area (Å²) in [5.41, 5.74) is 2.42. The van der Waals surface area contributed by atoms with Crippen LogP contribution in [0.4, 0.5) is 5.69 Å². The third-order valence-electron chi connectivity index (χ3n) is 4.20. The normalized spacial score (nSPS) is 10.4. The lowest BCUT2D eigenvalue weighted by molar-refractivity contribution is -0.121. The van der Waals surface area contributed by atoms with Crippen molar-refractivity contribution in [3.05, 3.63) is 65.7 Å². The number of nitrogens with one attached hydrogen (secondary N) is 2.